The molecule has 0 aromatic heterocycles. The number of nitrogens with one attached hydrogen (secondary N) is 2. The van der Waals surface area contributed by atoms with Gasteiger partial charge in [-0.15, -0.1) is 0 Å². The molecule has 0 radical (unpaired) electrons. The first-order valence-electron chi connectivity index (χ1n) is 7.00. The minimum atomic E-state index is 0.334. The summed E-state index contributed by atoms with van der Waals surface area (Å²) in [6.45, 7) is 2.15. The van der Waals surface area contributed by atoms with Crippen molar-refractivity contribution in [2.45, 2.75) is 25.8 Å². The molecule has 1 atom stereocenters. The van der Waals surface area contributed by atoms with Gasteiger partial charge in [-0.05, 0) is 61.8 Å². The van der Waals surface area contributed by atoms with Crippen LogP contribution < -0.4 is 10.6 Å². The first-order valence-corrected chi connectivity index (χ1v) is 8.20. The molecule has 0 saturated carbocycles. The highest BCUT2D eigenvalue weighted by molar-refractivity contribution is 9.10. The molecular weight excluding hydrogens is 344 g/mol. The summed E-state index contributed by atoms with van der Waals surface area (Å²) < 4.78 is 1.06. The summed E-state index contributed by atoms with van der Waals surface area (Å²) in [4.78, 5) is 0. The SMILES string of the molecule is C[C@H](CCc1ccccc1)NC(=S)Nc1ccc(Br)cc1. The van der Waals surface area contributed by atoms with E-state index in [0.717, 1.165) is 23.0 Å². The van der Waals surface area contributed by atoms with E-state index in [1.807, 2.05) is 30.3 Å². The number of benzene rings is 2. The zero-order valence-corrected chi connectivity index (χ0v) is 14.4. The lowest BCUT2D eigenvalue weighted by Gasteiger charge is -2.17. The zero-order chi connectivity index (χ0) is 15.1. The Morgan fingerprint density at radius 3 is 2.43 bits per heavy atom. The average molecular weight is 363 g/mol. The van der Waals surface area contributed by atoms with E-state index in [0.29, 0.717) is 11.2 Å². The first-order chi connectivity index (χ1) is 10.1. The van der Waals surface area contributed by atoms with Crippen LogP contribution in [0.1, 0.15) is 18.9 Å². The van der Waals surface area contributed by atoms with Crippen LogP contribution in [0.3, 0.4) is 0 Å². The van der Waals surface area contributed by atoms with Gasteiger partial charge in [0.2, 0.25) is 0 Å². The third-order valence-electron chi connectivity index (χ3n) is 3.19. The van der Waals surface area contributed by atoms with Crippen LogP contribution in [0.15, 0.2) is 59.1 Å². The predicted molar refractivity (Wildman–Crippen MR) is 97.7 cm³/mol. The van der Waals surface area contributed by atoms with Gasteiger partial charge in [0.05, 0.1) is 0 Å². The summed E-state index contributed by atoms with van der Waals surface area (Å²) in [6.07, 6.45) is 2.10. The molecule has 0 saturated heterocycles. The quantitative estimate of drug-likeness (QED) is 0.750. The van der Waals surface area contributed by atoms with E-state index in [1.165, 1.54) is 5.56 Å². The van der Waals surface area contributed by atoms with Crippen LogP contribution in [0, 0.1) is 0 Å². The monoisotopic (exact) mass is 362 g/mol. The number of hydrogen-bond acceptors (Lipinski definition) is 1. The van der Waals surface area contributed by atoms with Crippen LogP contribution in [-0.4, -0.2) is 11.2 Å². The second kappa shape index (κ2) is 8.15. The molecular formula is C17H19BrN2S. The Morgan fingerprint density at radius 2 is 1.76 bits per heavy atom. The Kier molecular flexibility index (Phi) is 6.21. The van der Waals surface area contributed by atoms with Gasteiger partial charge >= 0.3 is 0 Å². The van der Waals surface area contributed by atoms with Gasteiger partial charge in [0.15, 0.2) is 5.11 Å². The average Bonchev–Trinajstić information content (AvgIpc) is 2.48. The van der Waals surface area contributed by atoms with Crippen molar-refractivity contribution in [1.29, 1.82) is 0 Å². The summed E-state index contributed by atoms with van der Waals surface area (Å²) in [5, 5.41) is 7.18. The van der Waals surface area contributed by atoms with E-state index >= 15 is 0 Å². The van der Waals surface area contributed by atoms with Gasteiger partial charge in [-0.25, -0.2) is 0 Å². The third-order valence-corrected chi connectivity index (χ3v) is 3.94. The summed E-state index contributed by atoms with van der Waals surface area (Å²) in [5.41, 5.74) is 2.35. The molecule has 0 amide bonds. The molecule has 0 heterocycles. The molecule has 0 fully saturated rings. The lowest BCUT2D eigenvalue weighted by atomic mass is 10.1. The predicted octanol–water partition coefficient (Wildman–Crippen LogP) is 4.76. The molecule has 2 N–H and O–H groups in total. The van der Waals surface area contributed by atoms with Gasteiger partial charge in [-0.3, -0.25) is 0 Å². The van der Waals surface area contributed by atoms with Crippen molar-refractivity contribution in [1.82, 2.24) is 5.32 Å². The summed E-state index contributed by atoms with van der Waals surface area (Å²) in [5.74, 6) is 0. The molecule has 2 aromatic carbocycles. The highest BCUT2D eigenvalue weighted by atomic mass is 79.9. The minimum Gasteiger partial charge on any atom is -0.360 e. The van der Waals surface area contributed by atoms with Crippen LogP contribution >= 0.6 is 28.1 Å². The van der Waals surface area contributed by atoms with Crippen molar-refractivity contribution in [2.75, 3.05) is 5.32 Å². The lowest BCUT2D eigenvalue weighted by Crippen LogP contribution is -2.36. The number of hydrogen-bond donors (Lipinski definition) is 2. The van der Waals surface area contributed by atoms with Crippen molar-refractivity contribution in [3.63, 3.8) is 0 Å². The van der Waals surface area contributed by atoms with E-state index < -0.39 is 0 Å². The standard InChI is InChI=1S/C17H19BrN2S/c1-13(7-8-14-5-3-2-4-6-14)19-17(21)20-16-11-9-15(18)10-12-16/h2-6,9-13H,7-8H2,1H3,(H2,19,20,21)/t13-/m1/s1. The van der Waals surface area contributed by atoms with Crippen molar-refractivity contribution in [3.05, 3.63) is 64.6 Å². The van der Waals surface area contributed by atoms with Gasteiger partial charge in [-0.1, -0.05) is 46.3 Å². The Labute approximate surface area is 140 Å². The van der Waals surface area contributed by atoms with Crippen LogP contribution in [-0.2, 0) is 6.42 Å². The summed E-state index contributed by atoms with van der Waals surface area (Å²) in [7, 11) is 0. The summed E-state index contributed by atoms with van der Waals surface area (Å²) >= 11 is 8.76. The normalized spacial score (nSPS) is 11.7. The highest BCUT2D eigenvalue weighted by Crippen LogP contribution is 2.14. The molecule has 4 heteroatoms. The van der Waals surface area contributed by atoms with Crippen molar-refractivity contribution < 1.29 is 0 Å². The fourth-order valence-corrected chi connectivity index (χ4v) is 2.61. The molecule has 2 nitrogen and oxygen atoms in total. The van der Waals surface area contributed by atoms with Crippen molar-refractivity contribution >= 4 is 38.9 Å². The fraction of sp³-hybridized carbons (Fsp3) is 0.235. The van der Waals surface area contributed by atoms with Crippen molar-refractivity contribution in [2.24, 2.45) is 0 Å². The van der Waals surface area contributed by atoms with Gasteiger partial charge in [0.25, 0.3) is 0 Å². The van der Waals surface area contributed by atoms with Crippen LogP contribution in [0.4, 0.5) is 5.69 Å². The van der Waals surface area contributed by atoms with Crippen molar-refractivity contribution in [3.8, 4) is 0 Å². The maximum absolute atomic E-state index is 5.34. The Balaban J connectivity index is 1.75. The molecule has 0 aliphatic heterocycles. The lowest BCUT2D eigenvalue weighted by molar-refractivity contribution is 0.609. The van der Waals surface area contributed by atoms with Crippen LogP contribution in [0.5, 0.6) is 0 Å². The third kappa shape index (κ3) is 5.86. The second-order valence-electron chi connectivity index (χ2n) is 5.03. The molecule has 2 aromatic rings. The largest absolute Gasteiger partial charge is 0.360 e. The second-order valence-corrected chi connectivity index (χ2v) is 6.35. The first kappa shape index (κ1) is 16.0. The number of anilines is 1. The van der Waals surface area contributed by atoms with Gasteiger partial charge < -0.3 is 10.6 Å². The molecule has 0 unspecified atom stereocenters. The van der Waals surface area contributed by atoms with E-state index in [2.05, 4.69) is 57.8 Å². The number of rotatable bonds is 5. The number of halogens is 1. The topological polar surface area (TPSA) is 24.1 Å². The molecule has 21 heavy (non-hydrogen) atoms. The maximum Gasteiger partial charge on any atom is 0.170 e. The van der Waals surface area contributed by atoms with E-state index in [9.17, 15) is 0 Å². The Bertz CT molecular complexity index is 569. The molecule has 2 rings (SSSR count). The zero-order valence-electron chi connectivity index (χ0n) is 12.0. The Hall–Kier alpha value is -1.39. The Morgan fingerprint density at radius 1 is 1.10 bits per heavy atom. The number of aryl methyl sites for hydroxylation is 1. The van der Waals surface area contributed by atoms with Gasteiger partial charge in [0.1, 0.15) is 0 Å². The number of thiocarbonyl (C=S) groups is 1. The summed E-state index contributed by atoms with van der Waals surface area (Å²) in [6, 6.07) is 18.8. The fourth-order valence-electron chi connectivity index (χ4n) is 2.02. The molecule has 0 aliphatic carbocycles. The molecule has 0 bridgehead atoms. The van der Waals surface area contributed by atoms with E-state index in [4.69, 9.17) is 12.2 Å². The molecule has 0 spiro atoms. The van der Waals surface area contributed by atoms with Crippen LogP contribution in [0.2, 0.25) is 0 Å². The maximum atomic E-state index is 5.34. The van der Waals surface area contributed by atoms with Gasteiger partial charge in [0, 0.05) is 16.2 Å². The molecule has 110 valence electrons. The van der Waals surface area contributed by atoms with E-state index in [-0.39, 0.29) is 0 Å². The molecule has 0 aliphatic rings. The smallest absolute Gasteiger partial charge is 0.170 e. The minimum absolute atomic E-state index is 0.334. The van der Waals surface area contributed by atoms with Crippen LogP contribution in [0.25, 0.3) is 0 Å². The highest BCUT2D eigenvalue weighted by Gasteiger charge is 2.05. The van der Waals surface area contributed by atoms with Gasteiger partial charge in [-0.2, -0.15) is 0 Å². The van der Waals surface area contributed by atoms with E-state index in [1.54, 1.807) is 0 Å².